The van der Waals surface area contributed by atoms with Crippen molar-refractivity contribution in [2.24, 2.45) is 0 Å². The van der Waals surface area contributed by atoms with Crippen molar-refractivity contribution in [3.63, 3.8) is 0 Å². The van der Waals surface area contributed by atoms with Gasteiger partial charge in [0, 0.05) is 109 Å². The van der Waals surface area contributed by atoms with Gasteiger partial charge in [0.25, 0.3) is 0 Å². The Morgan fingerprint density at radius 3 is 0.774 bits per heavy atom. The van der Waals surface area contributed by atoms with E-state index in [0.717, 1.165) is 39.8 Å². The van der Waals surface area contributed by atoms with E-state index in [1.165, 1.54) is 35.9 Å². The first kappa shape index (κ1) is 96.5. The quantitative estimate of drug-likeness (QED) is 0.0407. The molecule has 0 bridgehead atoms. The predicted octanol–water partition coefficient (Wildman–Crippen LogP) is 24.1. The number of anilines is 4. The monoisotopic (exact) mass is 1930 g/mol. The number of nitrogens with two attached hydrogens (primary N) is 3. The summed E-state index contributed by atoms with van der Waals surface area (Å²) in [5.74, 6) is 2.68. The first-order valence-electron chi connectivity index (χ1n) is 40.7. The molecule has 18 rings (SSSR count). The van der Waals surface area contributed by atoms with Crippen LogP contribution in [0, 0.1) is 23.3 Å². The summed E-state index contributed by atoms with van der Waals surface area (Å²) in [6.07, 6.45) is 11.9. The van der Waals surface area contributed by atoms with Gasteiger partial charge in [-0.25, -0.2) is 82.4 Å². The van der Waals surface area contributed by atoms with E-state index in [0.29, 0.717) is 143 Å². The highest BCUT2D eigenvalue weighted by Gasteiger charge is 2.23. The van der Waals surface area contributed by atoms with Crippen LogP contribution in [0.1, 0.15) is 80.6 Å². The molecule has 7 N–H and O–H groups in total. The summed E-state index contributed by atoms with van der Waals surface area (Å²) < 4.78 is 54.2. The van der Waals surface area contributed by atoms with Gasteiger partial charge in [-0.05, 0) is 138 Å². The maximum absolute atomic E-state index is 13.7. The van der Waals surface area contributed by atoms with Gasteiger partial charge < -0.3 is 22.5 Å². The van der Waals surface area contributed by atoms with Crippen molar-refractivity contribution in [1.29, 1.82) is 0 Å². The first-order valence-corrected chi connectivity index (χ1v) is 43.7. The number of rotatable bonds is 20. The number of nitrogens with one attached hydrogen (secondary N) is 1. The molecule has 666 valence electrons. The predicted molar refractivity (Wildman–Crippen MR) is 519 cm³/mol. The molecule has 22 nitrogen and oxygen atoms in total. The third-order valence-corrected chi connectivity index (χ3v) is 21.7. The lowest BCUT2D eigenvalue weighted by Crippen LogP contribution is -2.16. The van der Waals surface area contributed by atoms with E-state index < -0.39 is 5.82 Å². The minimum Gasteiger partial charge on any atom is -0.383 e. The SMILES string of the molecule is CC(C)Nc1nc(-c2ccccn2)nc(N)c1Cc1ccccc1.Clc1nc(-c2ccccn2)nc(Cl)c1Cc1ccccc1.Fc1ccc(-c2nc(Cl)c(Cc3ccccc3F)c(Cl)n2)nc1.Fc1ccccc1Cc1c(Cl)nc(-c2ccccn2)nc1Cl.Nc1nc(-c2ccccn2)nc(Cl)c1Cc1ccccc1.Nc1nc(-c2ccccn2)nc(Cl)c1Cc1ccccc1F. The third-order valence-electron chi connectivity index (χ3n) is 19.2. The average molecular weight is 1930 g/mol. The fraction of sp³-hybridized carbons (Fsp3) is 0.0909. The summed E-state index contributed by atoms with van der Waals surface area (Å²) in [6, 6.07) is 79.6. The number of hydrogen-bond acceptors (Lipinski definition) is 22. The maximum Gasteiger partial charge on any atom is 0.182 e. The van der Waals surface area contributed by atoms with Crippen molar-refractivity contribution in [2.75, 3.05) is 22.5 Å². The van der Waals surface area contributed by atoms with Gasteiger partial charge >= 0.3 is 0 Å². The standard InChI is InChI=1S/C19H21N5.C16H9Cl2F2N3.C16H10Cl2FN3.C16H11Cl2N3.C16H12ClFN4.C16H13ClN4/c1-13(2)22-18-15(12-14-8-4-3-5-9-14)17(20)23-19(24-18)16-10-6-7-11-21-16;17-14-11(7-9-3-1-2-4-12(9)20)15(18)23-16(22-14)13-6-5-10(19)8-21-13;17-14-11(9-10-5-1-2-6-12(10)19)15(18)22-16(21-14)13-7-3-4-8-20-13;17-14-12(10-11-6-2-1-3-7-11)15(18)21-16(20-14)13-8-4-5-9-19-13;17-14-11(9-10-5-1-2-6-12(10)18)15(19)22-16(21-14)13-7-3-4-8-20-13;17-14-12(10-11-6-2-1-3-7-11)15(18)21-16(20-14)13-8-4-5-9-19-13/h3-11,13H,12H2,1-2H3,(H3,20,22,23,24);1-6,8H,7H2;1-8H,9H2;1-9H,10H2;1-8H,9H2,(H2,19,21,22);1-9H,10H2,(H2,18,20,21). The lowest BCUT2D eigenvalue weighted by atomic mass is 10.1. The Morgan fingerprint density at radius 1 is 0.248 bits per heavy atom. The summed E-state index contributed by atoms with van der Waals surface area (Å²) in [4.78, 5) is 76.4. The number of halogens is 12. The van der Waals surface area contributed by atoms with Gasteiger partial charge in [-0.3, -0.25) is 24.9 Å². The van der Waals surface area contributed by atoms with Gasteiger partial charge in [-0.15, -0.1) is 0 Å². The van der Waals surface area contributed by atoms with Crippen molar-refractivity contribution < 1.29 is 17.6 Å². The van der Waals surface area contributed by atoms with Gasteiger partial charge in [0.15, 0.2) is 34.9 Å². The van der Waals surface area contributed by atoms with E-state index in [1.54, 1.807) is 110 Å². The smallest absolute Gasteiger partial charge is 0.182 e. The topological polar surface area (TPSA) is 322 Å². The second kappa shape index (κ2) is 47.7. The second-order valence-corrected chi connectivity index (χ2v) is 31.9. The molecule has 0 atom stereocenters. The number of nitrogens with zero attached hydrogens (tertiary/aromatic N) is 18. The average Bonchev–Trinajstić information content (AvgIpc) is 0.865. The number of benzene rings is 6. The van der Waals surface area contributed by atoms with Crippen LogP contribution in [-0.2, 0) is 38.5 Å². The molecule has 0 aliphatic carbocycles. The number of hydrogen-bond donors (Lipinski definition) is 4. The van der Waals surface area contributed by atoms with Crippen LogP contribution in [0.5, 0.6) is 0 Å². The van der Waals surface area contributed by atoms with E-state index in [1.807, 2.05) is 146 Å². The van der Waals surface area contributed by atoms with Crippen LogP contribution in [0.4, 0.5) is 40.8 Å². The molecule has 6 aromatic carbocycles. The molecule has 133 heavy (non-hydrogen) atoms. The largest absolute Gasteiger partial charge is 0.383 e. The van der Waals surface area contributed by atoms with Crippen molar-refractivity contribution in [1.82, 2.24) is 89.7 Å². The van der Waals surface area contributed by atoms with Crippen LogP contribution in [0.15, 0.2) is 304 Å². The molecule has 0 saturated carbocycles. The zero-order valence-corrected chi connectivity index (χ0v) is 76.6. The third kappa shape index (κ3) is 27.3. The van der Waals surface area contributed by atoms with Crippen LogP contribution in [0.2, 0.25) is 41.2 Å². The normalized spacial score (nSPS) is 10.7. The highest BCUT2D eigenvalue weighted by Crippen LogP contribution is 2.35. The van der Waals surface area contributed by atoms with Crippen molar-refractivity contribution in [3.05, 3.63) is 435 Å². The molecule has 18 aromatic rings. The molecule has 34 heteroatoms. The van der Waals surface area contributed by atoms with Gasteiger partial charge in [0.1, 0.15) is 122 Å². The molecule has 12 aromatic heterocycles. The van der Waals surface area contributed by atoms with Gasteiger partial charge in [-0.2, -0.15) is 0 Å². The fourth-order valence-corrected chi connectivity index (χ4v) is 14.7. The van der Waals surface area contributed by atoms with Crippen molar-refractivity contribution >= 4 is 116 Å². The number of nitrogen functional groups attached to an aromatic ring is 3. The minimum atomic E-state index is -0.470. The summed E-state index contributed by atoms with van der Waals surface area (Å²) in [5, 5.41) is 5.29. The van der Waals surface area contributed by atoms with Crippen LogP contribution in [0.3, 0.4) is 0 Å². The fourth-order valence-electron chi connectivity index (χ4n) is 12.6. The zero-order chi connectivity index (χ0) is 93.7. The van der Waals surface area contributed by atoms with Crippen molar-refractivity contribution in [3.8, 4) is 69.1 Å². The van der Waals surface area contributed by atoms with Crippen LogP contribution in [0.25, 0.3) is 69.1 Å². The molecule has 0 aliphatic rings. The summed E-state index contributed by atoms with van der Waals surface area (Å²) in [6.45, 7) is 4.15. The molecule has 0 fully saturated rings. The first-order chi connectivity index (χ1) is 64.4. The maximum atomic E-state index is 13.7. The molecule has 0 unspecified atom stereocenters. The van der Waals surface area contributed by atoms with E-state index in [4.69, 9.17) is 110 Å². The van der Waals surface area contributed by atoms with E-state index in [2.05, 4.69) is 121 Å². The highest BCUT2D eigenvalue weighted by molar-refractivity contribution is 6.36. The summed E-state index contributed by atoms with van der Waals surface area (Å²) >= 11 is 49.7. The van der Waals surface area contributed by atoms with E-state index in [-0.39, 0.29) is 80.2 Å². The molecular formula is C99H76Cl8F4N22. The van der Waals surface area contributed by atoms with Crippen LogP contribution in [-0.4, -0.2) is 95.8 Å². The Labute approximate surface area is 802 Å². The Hall–Kier alpha value is -14.1. The summed E-state index contributed by atoms with van der Waals surface area (Å²) in [5.41, 5.74) is 30.4. The molecule has 0 amide bonds. The summed E-state index contributed by atoms with van der Waals surface area (Å²) in [7, 11) is 0. The minimum absolute atomic E-state index is 0.106. The zero-order valence-electron chi connectivity index (χ0n) is 70.5. The lowest BCUT2D eigenvalue weighted by molar-refractivity contribution is 0.613. The molecule has 0 spiro atoms. The Morgan fingerprint density at radius 2 is 0.489 bits per heavy atom. The molecule has 12 heterocycles. The van der Waals surface area contributed by atoms with Crippen LogP contribution >= 0.6 is 92.8 Å². The molecule has 0 saturated heterocycles. The van der Waals surface area contributed by atoms with Gasteiger partial charge in [0.2, 0.25) is 0 Å². The number of pyridine rings is 6. The van der Waals surface area contributed by atoms with E-state index >= 15 is 0 Å². The Kier molecular flexibility index (Phi) is 34.6. The number of aromatic nitrogens is 18. The Bertz CT molecular complexity index is 6520. The lowest BCUT2D eigenvalue weighted by Gasteiger charge is -2.16. The Balaban J connectivity index is 0.000000136. The highest BCUT2D eigenvalue weighted by atomic mass is 35.5. The molecular weight excluding hydrogens is 1860 g/mol. The molecule has 0 aliphatic heterocycles. The van der Waals surface area contributed by atoms with Crippen LogP contribution < -0.4 is 22.5 Å². The molecule has 0 radical (unpaired) electrons. The van der Waals surface area contributed by atoms with Gasteiger partial charge in [0.05, 0.1) is 6.20 Å². The van der Waals surface area contributed by atoms with Gasteiger partial charge in [-0.1, -0.05) is 269 Å². The van der Waals surface area contributed by atoms with Crippen molar-refractivity contribution in [2.45, 2.75) is 58.4 Å². The second-order valence-electron chi connectivity index (χ2n) is 29.0. The van der Waals surface area contributed by atoms with E-state index in [9.17, 15) is 17.6 Å².